The average molecular weight is 245 g/mol. The minimum absolute atomic E-state index is 0.101. The summed E-state index contributed by atoms with van der Waals surface area (Å²) in [6, 6.07) is 5.92. The van der Waals surface area contributed by atoms with Crippen LogP contribution in [0.5, 0.6) is 0 Å². The van der Waals surface area contributed by atoms with E-state index in [4.69, 9.17) is 9.15 Å². The molecule has 0 saturated heterocycles. The Balaban J connectivity index is 1.89. The zero-order valence-corrected chi connectivity index (χ0v) is 10.5. The van der Waals surface area contributed by atoms with Crippen LogP contribution in [0.25, 0.3) is 11.1 Å². The molecule has 0 spiro atoms. The Morgan fingerprint density at radius 1 is 1.50 bits per heavy atom. The summed E-state index contributed by atoms with van der Waals surface area (Å²) in [5, 5.41) is 0. The molecule has 0 unspecified atom stereocenters. The number of rotatable bonds is 3. The number of hydrogen-bond donors (Lipinski definition) is 0. The van der Waals surface area contributed by atoms with Crippen molar-refractivity contribution in [3.05, 3.63) is 29.7 Å². The van der Waals surface area contributed by atoms with Crippen LogP contribution in [-0.4, -0.2) is 18.1 Å². The first-order valence-corrected chi connectivity index (χ1v) is 6.07. The van der Waals surface area contributed by atoms with Crippen LogP contribution >= 0.6 is 0 Å². The van der Waals surface area contributed by atoms with Crippen molar-refractivity contribution in [2.24, 2.45) is 5.41 Å². The van der Waals surface area contributed by atoms with E-state index in [0.717, 1.165) is 35.9 Å². The topological polar surface area (TPSA) is 52.3 Å². The van der Waals surface area contributed by atoms with E-state index < -0.39 is 0 Å². The van der Waals surface area contributed by atoms with Gasteiger partial charge in [-0.15, -0.1) is 0 Å². The second-order valence-corrected chi connectivity index (χ2v) is 4.98. The maximum Gasteiger partial charge on any atom is 0.312 e. The summed E-state index contributed by atoms with van der Waals surface area (Å²) in [6.07, 6.45) is 2.54. The Hall–Kier alpha value is -1.84. The number of ether oxygens (including phenoxy) is 1. The largest absolute Gasteiger partial charge is 0.469 e. The molecule has 0 amide bonds. The summed E-state index contributed by atoms with van der Waals surface area (Å²) in [5.74, 6) is 0.563. The Morgan fingerprint density at radius 3 is 2.94 bits per heavy atom. The van der Waals surface area contributed by atoms with Gasteiger partial charge in [0.25, 0.3) is 0 Å². The molecule has 94 valence electrons. The number of nitrogens with zero attached hydrogens (tertiary/aromatic N) is 1. The molecule has 2 aromatic rings. The summed E-state index contributed by atoms with van der Waals surface area (Å²) in [4.78, 5) is 16.0. The van der Waals surface area contributed by atoms with Crippen molar-refractivity contribution < 1.29 is 13.9 Å². The van der Waals surface area contributed by atoms with Crippen molar-refractivity contribution >= 4 is 17.1 Å². The smallest absolute Gasteiger partial charge is 0.312 e. The molecular formula is C14H15NO3. The minimum Gasteiger partial charge on any atom is -0.469 e. The summed E-state index contributed by atoms with van der Waals surface area (Å²) in [5.41, 5.74) is 2.45. The van der Waals surface area contributed by atoms with E-state index in [2.05, 4.69) is 4.98 Å². The van der Waals surface area contributed by atoms with E-state index in [0.29, 0.717) is 5.89 Å². The third kappa shape index (κ3) is 1.78. The normalized spacial score (nSPS) is 16.8. The molecule has 1 aromatic carbocycles. The number of aromatic nitrogens is 1. The van der Waals surface area contributed by atoms with E-state index in [-0.39, 0.29) is 11.4 Å². The highest BCUT2D eigenvalue weighted by molar-refractivity contribution is 5.80. The van der Waals surface area contributed by atoms with Gasteiger partial charge in [-0.2, -0.15) is 0 Å². The highest BCUT2D eigenvalue weighted by Crippen LogP contribution is 2.49. The number of fused-ring (bicyclic) bond motifs is 1. The van der Waals surface area contributed by atoms with Gasteiger partial charge < -0.3 is 9.15 Å². The molecule has 4 heteroatoms. The molecular weight excluding hydrogens is 230 g/mol. The third-order valence-corrected chi connectivity index (χ3v) is 3.57. The van der Waals surface area contributed by atoms with Crippen molar-refractivity contribution in [1.82, 2.24) is 4.98 Å². The Kier molecular flexibility index (Phi) is 2.40. The number of benzene rings is 1. The van der Waals surface area contributed by atoms with Gasteiger partial charge in [0.2, 0.25) is 0 Å². The quantitative estimate of drug-likeness (QED) is 0.780. The van der Waals surface area contributed by atoms with Gasteiger partial charge in [-0.3, -0.25) is 4.79 Å². The lowest BCUT2D eigenvalue weighted by molar-refractivity contribution is -0.147. The van der Waals surface area contributed by atoms with E-state index in [1.165, 1.54) is 7.11 Å². The zero-order chi connectivity index (χ0) is 12.8. The Morgan fingerprint density at radius 2 is 2.28 bits per heavy atom. The van der Waals surface area contributed by atoms with Crippen LogP contribution in [0.2, 0.25) is 0 Å². The van der Waals surface area contributed by atoms with Gasteiger partial charge in [-0.25, -0.2) is 4.98 Å². The zero-order valence-electron chi connectivity index (χ0n) is 10.5. The predicted molar refractivity (Wildman–Crippen MR) is 66.1 cm³/mol. The summed E-state index contributed by atoms with van der Waals surface area (Å²) >= 11 is 0. The Labute approximate surface area is 105 Å². The van der Waals surface area contributed by atoms with Gasteiger partial charge >= 0.3 is 5.97 Å². The van der Waals surface area contributed by atoms with Crippen LogP contribution in [0, 0.1) is 12.3 Å². The molecule has 1 aliphatic rings. The third-order valence-electron chi connectivity index (χ3n) is 3.57. The van der Waals surface area contributed by atoms with Gasteiger partial charge in [-0.05, 0) is 37.0 Å². The van der Waals surface area contributed by atoms with Crippen LogP contribution in [0.4, 0.5) is 0 Å². The summed E-state index contributed by atoms with van der Waals surface area (Å²) in [7, 11) is 1.45. The molecule has 1 fully saturated rings. The average Bonchev–Trinajstić information content (AvgIpc) is 3.03. The first-order chi connectivity index (χ1) is 8.63. The number of aryl methyl sites for hydroxylation is 1. The molecule has 1 saturated carbocycles. The maximum absolute atomic E-state index is 11.7. The fraction of sp³-hybridized carbons (Fsp3) is 0.429. The minimum atomic E-state index is -0.294. The number of carbonyl (C=O) groups excluding carboxylic acids is 1. The molecule has 1 heterocycles. The number of oxazole rings is 1. The van der Waals surface area contributed by atoms with E-state index in [1.807, 2.05) is 25.1 Å². The van der Waals surface area contributed by atoms with Crippen LogP contribution in [0.15, 0.2) is 22.6 Å². The first-order valence-electron chi connectivity index (χ1n) is 6.07. The molecule has 18 heavy (non-hydrogen) atoms. The SMILES string of the molecule is COC(=O)C1(Cc2ccc3nc(C)oc3c2)CC1. The summed E-state index contributed by atoms with van der Waals surface area (Å²) < 4.78 is 10.4. The summed E-state index contributed by atoms with van der Waals surface area (Å²) in [6.45, 7) is 1.83. The highest BCUT2D eigenvalue weighted by atomic mass is 16.5. The molecule has 0 N–H and O–H groups in total. The van der Waals surface area contributed by atoms with E-state index in [1.54, 1.807) is 0 Å². The molecule has 3 rings (SSSR count). The van der Waals surface area contributed by atoms with Crippen molar-refractivity contribution in [3.63, 3.8) is 0 Å². The molecule has 4 nitrogen and oxygen atoms in total. The monoisotopic (exact) mass is 245 g/mol. The van der Waals surface area contributed by atoms with Gasteiger partial charge in [0, 0.05) is 6.92 Å². The van der Waals surface area contributed by atoms with Crippen LogP contribution in [0.3, 0.4) is 0 Å². The standard InChI is InChI=1S/C14H15NO3/c1-9-15-11-4-3-10(7-12(11)18-9)8-14(5-6-14)13(16)17-2/h3-4,7H,5-6,8H2,1-2H3. The predicted octanol–water partition coefficient (Wildman–Crippen LogP) is 2.63. The van der Waals surface area contributed by atoms with Gasteiger partial charge in [-0.1, -0.05) is 6.07 Å². The van der Waals surface area contributed by atoms with Crippen LogP contribution in [0.1, 0.15) is 24.3 Å². The first kappa shape index (κ1) is 11.3. The van der Waals surface area contributed by atoms with E-state index in [9.17, 15) is 4.79 Å². The van der Waals surface area contributed by atoms with Crippen molar-refractivity contribution in [1.29, 1.82) is 0 Å². The van der Waals surface area contributed by atoms with Crippen molar-refractivity contribution in [2.75, 3.05) is 7.11 Å². The molecule has 0 radical (unpaired) electrons. The number of methoxy groups -OCH3 is 1. The lowest BCUT2D eigenvalue weighted by Crippen LogP contribution is -2.19. The van der Waals surface area contributed by atoms with Gasteiger partial charge in [0.05, 0.1) is 12.5 Å². The second-order valence-electron chi connectivity index (χ2n) is 4.98. The molecule has 1 aromatic heterocycles. The maximum atomic E-state index is 11.7. The molecule has 0 bridgehead atoms. The van der Waals surface area contributed by atoms with Crippen LogP contribution < -0.4 is 0 Å². The molecule has 0 aliphatic heterocycles. The van der Waals surface area contributed by atoms with Crippen molar-refractivity contribution in [3.8, 4) is 0 Å². The lowest BCUT2D eigenvalue weighted by atomic mass is 9.96. The second kappa shape index (κ2) is 3.83. The number of hydrogen-bond acceptors (Lipinski definition) is 4. The number of esters is 1. The van der Waals surface area contributed by atoms with Crippen LogP contribution in [-0.2, 0) is 16.0 Å². The molecule has 1 aliphatic carbocycles. The molecule has 0 atom stereocenters. The fourth-order valence-corrected chi connectivity index (χ4v) is 2.41. The van der Waals surface area contributed by atoms with Crippen molar-refractivity contribution in [2.45, 2.75) is 26.2 Å². The lowest BCUT2D eigenvalue weighted by Gasteiger charge is -2.11. The number of carbonyl (C=O) groups is 1. The van der Waals surface area contributed by atoms with Gasteiger partial charge in [0.1, 0.15) is 5.52 Å². The Bertz CT molecular complexity index is 611. The fourth-order valence-electron chi connectivity index (χ4n) is 2.41. The van der Waals surface area contributed by atoms with Gasteiger partial charge in [0.15, 0.2) is 11.5 Å². The highest BCUT2D eigenvalue weighted by Gasteiger charge is 2.50. The van der Waals surface area contributed by atoms with E-state index >= 15 is 0 Å².